The number of nitrogens with zero attached hydrogens (tertiary/aromatic N) is 1. The Labute approximate surface area is 260 Å². The molecule has 3 N–H and O–H groups in total. The van der Waals surface area contributed by atoms with E-state index in [2.05, 4.69) is 25.8 Å². The van der Waals surface area contributed by atoms with Crippen LogP contribution in [0.1, 0.15) is 85.0 Å². The minimum absolute atomic E-state index is 0. The first-order chi connectivity index (χ1) is 15.8. The maximum atomic E-state index is 12.1. The summed E-state index contributed by atoms with van der Waals surface area (Å²) in [5.74, 6) is 2.12. The average molecular weight is 584 g/mol. The Morgan fingerprint density at radius 3 is 2.37 bits per heavy atom. The smallest absolute Gasteiger partial charge is 0.862 e. The van der Waals surface area contributed by atoms with Crippen LogP contribution in [0.25, 0.3) is 0 Å². The standard InChI is InChI=1S/C26H45NO6S.Rb/c1-16(4-7-24(30)27-12-13-34(31,32)33)19-5-6-20-18-15-23(29)22-14-17(28)8-10-26(22,3)21(18)9-11-25(19,20)2;/h16-23,28-29H,4-15H2,1-3H3,(H,27,30)(H,31,32,33);/q;+1/p-1/t16-,17-,18+,19-,20+,21+,22+,23+,25-,26-;/m1./s1. The van der Waals surface area contributed by atoms with Crippen molar-refractivity contribution in [3.8, 4) is 0 Å². The van der Waals surface area contributed by atoms with Crippen molar-refractivity contribution in [1.82, 2.24) is 0 Å². The number of hydrogen-bond acceptors (Lipinski definition) is 6. The van der Waals surface area contributed by atoms with E-state index in [-0.39, 0.29) is 99.6 Å². The molecule has 0 heterocycles. The number of hydrogen-bond donors (Lipinski definition) is 3. The van der Waals surface area contributed by atoms with Crippen LogP contribution in [0, 0.1) is 46.3 Å². The Hall–Kier alpha value is 1.11. The van der Waals surface area contributed by atoms with Crippen LogP contribution in [0.2, 0.25) is 0 Å². The molecular weight excluding hydrogens is 540 g/mol. The Morgan fingerprint density at radius 2 is 1.69 bits per heavy atom. The molecule has 0 saturated heterocycles. The molecule has 0 unspecified atom stereocenters. The summed E-state index contributed by atoms with van der Waals surface area (Å²) in [6.07, 6.45) is 8.70. The molecule has 7 nitrogen and oxygen atoms in total. The quantitative estimate of drug-likeness (QED) is 0.220. The zero-order chi connectivity index (χ0) is 24.9. The molecule has 9 heteroatoms. The molecule has 0 bridgehead atoms. The first kappa shape index (κ1) is 30.6. The summed E-state index contributed by atoms with van der Waals surface area (Å²) in [6, 6.07) is 0. The Morgan fingerprint density at radius 1 is 1.03 bits per heavy atom. The molecule has 4 fully saturated rings. The zero-order valence-corrected chi connectivity index (χ0v) is 27.8. The third-order valence-electron chi connectivity index (χ3n) is 10.9. The van der Waals surface area contributed by atoms with Crippen LogP contribution in [-0.2, 0) is 10.1 Å². The van der Waals surface area contributed by atoms with E-state index in [1.165, 1.54) is 19.3 Å². The van der Waals surface area contributed by atoms with Crippen LogP contribution in [0.4, 0.5) is 0 Å². The van der Waals surface area contributed by atoms with Gasteiger partial charge in [-0.15, -0.1) is 0 Å². The largest absolute Gasteiger partial charge is 1.00 e. The molecule has 0 aromatic rings. The molecule has 0 aromatic heterocycles. The first-order valence-electron chi connectivity index (χ1n) is 13.4. The summed E-state index contributed by atoms with van der Waals surface area (Å²) >= 11 is 0. The fraction of sp³-hybridized carbons (Fsp3) is 0.962. The summed E-state index contributed by atoms with van der Waals surface area (Å²) in [4.78, 5) is 3.80. The average Bonchev–Trinajstić information content (AvgIpc) is 3.10. The molecule has 196 valence electrons. The Kier molecular flexibility index (Phi) is 10.2. The van der Waals surface area contributed by atoms with Crippen molar-refractivity contribution in [2.75, 3.05) is 12.3 Å². The second kappa shape index (κ2) is 11.7. The Bertz CT molecular complexity index is 883. The van der Waals surface area contributed by atoms with Gasteiger partial charge >= 0.3 is 58.2 Å². The van der Waals surface area contributed by atoms with Crippen LogP contribution in [-0.4, -0.2) is 53.6 Å². The van der Waals surface area contributed by atoms with Gasteiger partial charge in [-0.2, -0.15) is 8.42 Å². The van der Waals surface area contributed by atoms with Crippen molar-refractivity contribution < 1.29 is 86.5 Å². The van der Waals surface area contributed by atoms with Crippen LogP contribution in [0.5, 0.6) is 0 Å². The molecule has 4 saturated carbocycles. The van der Waals surface area contributed by atoms with E-state index in [1.54, 1.807) is 0 Å². The third kappa shape index (κ3) is 6.31. The van der Waals surface area contributed by atoms with E-state index in [0.717, 1.165) is 38.5 Å². The molecule has 35 heavy (non-hydrogen) atoms. The monoisotopic (exact) mass is 583 g/mol. The molecule has 4 aliphatic rings. The maximum absolute atomic E-state index is 12.1. The number of aliphatic hydroxyl groups excluding tert-OH is 2. The van der Waals surface area contributed by atoms with Gasteiger partial charge in [-0.3, -0.25) is 4.55 Å². The van der Waals surface area contributed by atoms with Gasteiger partial charge in [-0.25, -0.2) is 0 Å². The summed E-state index contributed by atoms with van der Waals surface area (Å²) in [5, 5.41) is 33.6. The van der Waals surface area contributed by atoms with E-state index >= 15 is 0 Å². The second-order valence-electron chi connectivity index (χ2n) is 12.5. The van der Waals surface area contributed by atoms with E-state index in [1.807, 2.05) is 0 Å². The van der Waals surface area contributed by atoms with Crippen molar-refractivity contribution in [3.05, 3.63) is 0 Å². The molecule has 0 spiro atoms. The van der Waals surface area contributed by atoms with Gasteiger partial charge in [0, 0.05) is 0 Å². The van der Waals surface area contributed by atoms with Gasteiger partial charge < -0.3 is 20.3 Å². The third-order valence-corrected chi connectivity index (χ3v) is 11.6. The number of fused-ring (bicyclic) bond motifs is 5. The summed E-state index contributed by atoms with van der Waals surface area (Å²) in [5.41, 5.74) is 0.353. The predicted molar refractivity (Wildman–Crippen MR) is 130 cm³/mol. The molecular formula is C26H44NO6RbS. The number of aliphatic imine (C=N–C) groups is 1. The van der Waals surface area contributed by atoms with Crippen LogP contribution < -0.4 is 63.3 Å². The van der Waals surface area contributed by atoms with Crippen molar-refractivity contribution >= 4 is 16.0 Å². The maximum Gasteiger partial charge on any atom is 1.00 e. The van der Waals surface area contributed by atoms with E-state index < -0.39 is 15.9 Å². The van der Waals surface area contributed by atoms with Crippen molar-refractivity contribution in [1.29, 1.82) is 0 Å². The molecule has 10 atom stereocenters. The fourth-order valence-corrected chi connectivity index (χ4v) is 9.49. The normalized spacial score (nSPS) is 44.5. The minimum Gasteiger partial charge on any atom is -0.862 e. The Balaban J connectivity index is 0.00000342. The molecule has 4 aliphatic carbocycles. The predicted octanol–water partition coefficient (Wildman–Crippen LogP) is 0.0439. The van der Waals surface area contributed by atoms with Gasteiger partial charge in [0.2, 0.25) is 0 Å². The number of rotatable bonds is 7. The van der Waals surface area contributed by atoms with Crippen LogP contribution >= 0.6 is 0 Å². The van der Waals surface area contributed by atoms with Crippen molar-refractivity contribution in [3.63, 3.8) is 0 Å². The molecule has 4 rings (SSSR count). The van der Waals surface area contributed by atoms with Crippen molar-refractivity contribution in [2.24, 2.45) is 51.3 Å². The first-order valence-corrected chi connectivity index (χ1v) is 15.0. The van der Waals surface area contributed by atoms with E-state index in [9.17, 15) is 23.7 Å². The van der Waals surface area contributed by atoms with Crippen LogP contribution in [0.15, 0.2) is 4.99 Å². The van der Waals surface area contributed by atoms with Gasteiger partial charge in [0.25, 0.3) is 10.1 Å². The zero-order valence-electron chi connectivity index (χ0n) is 22.0. The summed E-state index contributed by atoms with van der Waals surface area (Å²) < 4.78 is 30.4. The summed E-state index contributed by atoms with van der Waals surface area (Å²) in [6.45, 7) is 6.90. The van der Waals surface area contributed by atoms with E-state index in [0.29, 0.717) is 36.0 Å². The van der Waals surface area contributed by atoms with Gasteiger partial charge in [0.05, 0.1) is 24.5 Å². The van der Waals surface area contributed by atoms with Gasteiger partial charge in [0.15, 0.2) is 0 Å². The molecule has 0 aromatic carbocycles. The van der Waals surface area contributed by atoms with Gasteiger partial charge in [0.1, 0.15) is 0 Å². The molecule has 0 aliphatic heterocycles. The molecule has 0 radical (unpaired) electrons. The number of aliphatic hydroxyl groups is 2. The van der Waals surface area contributed by atoms with Gasteiger partial charge in [-0.05, 0) is 116 Å². The second-order valence-corrected chi connectivity index (χ2v) is 14.1. The van der Waals surface area contributed by atoms with E-state index in [4.69, 9.17) is 4.55 Å². The molecule has 0 amide bonds. The SMILES string of the molecule is C[C@H](CCC([O-])=NCCS(=O)(=O)O)[C@H]1CC[C@H]2[C@@H]3C[C@H](O)[C@@H]4C[C@H](O)CC[C@]4(C)[C@H]3CC[C@]12C.[Rb+]. The summed E-state index contributed by atoms with van der Waals surface area (Å²) in [7, 11) is -4.09. The van der Waals surface area contributed by atoms with Crippen LogP contribution in [0.3, 0.4) is 0 Å². The fourth-order valence-electron chi connectivity index (χ4n) is 9.17. The van der Waals surface area contributed by atoms with Crippen molar-refractivity contribution in [2.45, 2.75) is 97.2 Å². The minimum atomic E-state index is -4.09. The van der Waals surface area contributed by atoms with Gasteiger partial charge in [-0.1, -0.05) is 20.8 Å². The topological polar surface area (TPSA) is 130 Å².